The number of amides is 1. The quantitative estimate of drug-likeness (QED) is 0.702. The fraction of sp³-hybridized carbons (Fsp3) is 0.385. The number of nitrogens with two attached hydrogens (primary N) is 1. The first-order chi connectivity index (χ1) is 8.93. The average molecular weight is 266 g/mol. The molecule has 0 spiro atoms. The maximum absolute atomic E-state index is 11.7. The smallest absolute Gasteiger partial charge is 0.305 e. The van der Waals surface area contributed by atoms with Crippen LogP contribution in [-0.4, -0.2) is 30.1 Å². The number of hydrogen-bond donors (Lipinski definition) is 3. The SMILES string of the molecule is COc1ccc([C@H](C)NC(=O)C(N)CC(=O)O)cc1. The molecule has 1 amide bonds. The van der Waals surface area contributed by atoms with Crippen LogP contribution in [0.1, 0.15) is 24.9 Å². The molecule has 1 aromatic carbocycles. The Morgan fingerprint density at radius 3 is 2.42 bits per heavy atom. The minimum absolute atomic E-state index is 0.252. The Morgan fingerprint density at radius 1 is 1.37 bits per heavy atom. The summed E-state index contributed by atoms with van der Waals surface area (Å²) in [4.78, 5) is 22.1. The second-order valence-corrected chi connectivity index (χ2v) is 4.21. The summed E-state index contributed by atoms with van der Waals surface area (Å²) in [6.45, 7) is 1.80. The highest BCUT2D eigenvalue weighted by atomic mass is 16.5. The minimum atomic E-state index is -1.10. The number of methoxy groups -OCH3 is 1. The summed E-state index contributed by atoms with van der Waals surface area (Å²) in [7, 11) is 1.57. The maximum Gasteiger partial charge on any atom is 0.305 e. The van der Waals surface area contributed by atoms with E-state index in [0.29, 0.717) is 0 Å². The molecular formula is C13H18N2O4. The Hall–Kier alpha value is -2.08. The molecule has 0 heterocycles. The van der Waals surface area contributed by atoms with Crippen molar-refractivity contribution < 1.29 is 19.4 Å². The van der Waals surface area contributed by atoms with Gasteiger partial charge in [-0.1, -0.05) is 12.1 Å². The van der Waals surface area contributed by atoms with E-state index in [-0.39, 0.29) is 12.5 Å². The van der Waals surface area contributed by atoms with Crippen LogP contribution in [-0.2, 0) is 9.59 Å². The number of nitrogens with one attached hydrogen (secondary N) is 1. The monoisotopic (exact) mass is 266 g/mol. The summed E-state index contributed by atoms with van der Waals surface area (Å²) in [5.41, 5.74) is 6.36. The van der Waals surface area contributed by atoms with Crippen molar-refractivity contribution in [3.63, 3.8) is 0 Å². The van der Waals surface area contributed by atoms with Crippen LogP contribution in [0.4, 0.5) is 0 Å². The molecule has 4 N–H and O–H groups in total. The van der Waals surface area contributed by atoms with Gasteiger partial charge in [0.25, 0.3) is 0 Å². The van der Waals surface area contributed by atoms with Gasteiger partial charge in [-0.05, 0) is 24.6 Å². The first kappa shape index (κ1) is 15.0. The van der Waals surface area contributed by atoms with Crippen molar-refractivity contribution in [3.8, 4) is 5.75 Å². The highest BCUT2D eigenvalue weighted by Crippen LogP contribution is 2.17. The van der Waals surface area contributed by atoms with E-state index in [4.69, 9.17) is 15.6 Å². The van der Waals surface area contributed by atoms with E-state index >= 15 is 0 Å². The molecular weight excluding hydrogens is 248 g/mol. The molecule has 0 fully saturated rings. The van der Waals surface area contributed by atoms with Crippen molar-refractivity contribution >= 4 is 11.9 Å². The molecule has 0 aliphatic carbocycles. The zero-order valence-electron chi connectivity index (χ0n) is 10.9. The Morgan fingerprint density at radius 2 is 1.95 bits per heavy atom. The standard InChI is InChI=1S/C13H18N2O4/c1-8(9-3-5-10(19-2)6-4-9)15-13(18)11(14)7-12(16)17/h3-6,8,11H,7,14H2,1-2H3,(H,15,18)(H,16,17)/t8-,11?/m0/s1. The number of carboxylic acids is 1. The Kier molecular flexibility index (Phi) is 5.32. The van der Waals surface area contributed by atoms with Crippen molar-refractivity contribution in [1.29, 1.82) is 0 Å². The Balaban J connectivity index is 2.60. The molecule has 6 heteroatoms. The Labute approximate surface area is 111 Å². The van der Waals surface area contributed by atoms with Crippen molar-refractivity contribution in [2.24, 2.45) is 5.73 Å². The van der Waals surface area contributed by atoms with Gasteiger partial charge in [-0.2, -0.15) is 0 Å². The van der Waals surface area contributed by atoms with Gasteiger partial charge in [0.05, 0.1) is 25.6 Å². The Bertz CT molecular complexity index is 444. The fourth-order valence-electron chi connectivity index (χ4n) is 1.58. The van der Waals surface area contributed by atoms with Gasteiger partial charge in [-0.15, -0.1) is 0 Å². The van der Waals surface area contributed by atoms with Crippen molar-refractivity contribution in [2.45, 2.75) is 25.4 Å². The molecule has 1 rings (SSSR count). The summed E-state index contributed by atoms with van der Waals surface area (Å²) < 4.78 is 5.04. The van der Waals surface area contributed by atoms with E-state index in [1.807, 2.05) is 12.1 Å². The highest BCUT2D eigenvalue weighted by molar-refractivity contribution is 5.86. The van der Waals surface area contributed by atoms with Gasteiger partial charge in [0, 0.05) is 0 Å². The van der Waals surface area contributed by atoms with E-state index in [2.05, 4.69) is 5.32 Å². The molecule has 0 radical (unpaired) electrons. The number of benzene rings is 1. The van der Waals surface area contributed by atoms with Crippen LogP contribution in [0.15, 0.2) is 24.3 Å². The number of aliphatic carboxylic acids is 1. The van der Waals surface area contributed by atoms with Gasteiger partial charge < -0.3 is 20.9 Å². The minimum Gasteiger partial charge on any atom is -0.497 e. The zero-order chi connectivity index (χ0) is 14.4. The van der Waals surface area contributed by atoms with Crippen molar-refractivity contribution in [2.75, 3.05) is 7.11 Å². The fourth-order valence-corrected chi connectivity index (χ4v) is 1.58. The molecule has 2 atom stereocenters. The summed E-state index contributed by atoms with van der Waals surface area (Å²) in [5.74, 6) is -0.852. The molecule has 0 aromatic heterocycles. The average Bonchev–Trinajstić information content (AvgIpc) is 2.37. The van der Waals surface area contributed by atoms with Crippen LogP contribution in [0.25, 0.3) is 0 Å². The predicted octanol–water partition coefficient (Wildman–Crippen LogP) is 0.674. The maximum atomic E-state index is 11.7. The third kappa shape index (κ3) is 4.59. The van der Waals surface area contributed by atoms with Crippen molar-refractivity contribution in [3.05, 3.63) is 29.8 Å². The van der Waals surface area contributed by atoms with Gasteiger partial charge in [0.15, 0.2) is 0 Å². The second kappa shape index (κ2) is 6.75. The lowest BCUT2D eigenvalue weighted by atomic mass is 10.1. The topological polar surface area (TPSA) is 102 Å². The molecule has 104 valence electrons. The molecule has 1 aromatic rings. The molecule has 0 bridgehead atoms. The molecule has 6 nitrogen and oxygen atoms in total. The summed E-state index contributed by atoms with van der Waals surface area (Å²) in [5, 5.41) is 11.2. The predicted molar refractivity (Wildman–Crippen MR) is 69.8 cm³/mol. The molecule has 19 heavy (non-hydrogen) atoms. The number of rotatable bonds is 6. The number of carbonyl (C=O) groups is 2. The van der Waals surface area contributed by atoms with Gasteiger partial charge in [-0.25, -0.2) is 0 Å². The molecule has 1 unspecified atom stereocenters. The third-order valence-corrected chi connectivity index (χ3v) is 2.71. The number of hydrogen-bond acceptors (Lipinski definition) is 4. The lowest BCUT2D eigenvalue weighted by Crippen LogP contribution is -2.42. The van der Waals surface area contributed by atoms with Crippen LogP contribution in [0, 0.1) is 0 Å². The number of carbonyl (C=O) groups excluding carboxylic acids is 1. The lowest BCUT2D eigenvalue weighted by Gasteiger charge is -2.17. The lowest BCUT2D eigenvalue weighted by molar-refractivity contribution is -0.139. The first-order valence-electron chi connectivity index (χ1n) is 5.85. The largest absolute Gasteiger partial charge is 0.497 e. The van der Waals surface area contributed by atoms with Gasteiger partial charge in [0.1, 0.15) is 5.75 Å². The second-order valence-electron chi connectivity index (χ2n) is 4.21. The van der Waals surface area contributed by atoms with Crippen LogP contribution in [0.5, 0.6) is 5.75 Å². The summed E-state index contributed by atoms with van der Waals surface area (Å²) >= 11 is 0. The van der Waals surface area contributed by atoms with E-state index in [1.165, 1.54) is 0 Å². The molecule has 0 saturated heterocycles. The normalized spacial score (nSPS) is 13.4. The van der Waals surface area contributed by atoms with Gasteiger partial charge in [0.2, 0.25) is 5.91 Å². The molecule has 0 aliphatic rings. The number of carboxylic acid groups (broad SMARTS) is 1. The first-order valence-corrected chi connectivity index (χ1v) is 5.85. The van der Waals surface area contributed by atoms with E-state index in [1.54, 1.807) is 26.2 Å². The van der Waals surface area contributed by atoms with Gasteiger partial charge in [-0.3, -0.25) is 9.59 Å². The molecule has 0 saturated carbocycles. The van der Waals surface area contributed by atoms with Crippen LogP contribution in [0.3, 0.4) is 0 Å². The van der Waals surface area contributed by atoms with Crippen LogP contribution < -0.4 is 15.8 Å². The van der Waals surface area contributed by atoms with Gasteiger partial charge >= 0.3 is 5.97 Å². The van der Waals surface area contributed by atoms with E-state index in [9.17, 15) is 9.59 Å². The van der Waals surface area contributed by atoms with Crippen LogP contribution in [0.2, 0.25) is 0 Å². The summed E-state index contributed by atoms with van der Waals surface area (Å²) in [6, 6.07) is 5.93. The number of ether oxygens (including phenoxy) is 1. The molecule has 0 aliphatic heterocycles. The summed E-state index contributed by atoms with van der Waals surface area (Å²) in [6.07, 6.45) is -0.388. The van der Waals surface area contributed by atoms with E-state index < -0.39 is 17.9 Å². The van der Waals surface area contributed by atoms with E-state index in [0.717, 1.165) is 11.3 Å². The highest BCUT2D eigenvalue weighted by Gasteiger charge is 2.19. The third-order valence-electron chi connectivity index (χ3n) is 2.71. The van der Waals surface area contributed by atoms with Crippen molar-refractivity contribution in [1.82, 2.24) is 5.32 Å². The zero-order valence-corrected chi connectivity index (χ0v) is 10.9. The van der Waals surface area contributed by atoms with Crippen LogP contribution >= 0.6 is 0 Å².